The topological polar surface area (TPSA) is 117 Å². The normalized spacial score (nSPS) is 11.3. The monoisotopic (exact) mass is 429 g/mol. The highest BCUT2D eigenvalue weighted by Gasteiger charge is 2.16. The summed E-state index contributed by atoms with van der Waals surface area (Å²) in [7, 11) is 1.69. The van der Waals surface area contributed by atoms with Gasteiger partial charge in [-0.1, -0.05) is 11.8 Å². The number of non-ortho nitro benzene ring substituents is 1. The van der Waals surface area contributed by atoms with Crippen LogP contribution in [-0.2, 0) is 12.8 Å². The molecule has 0 bridgehead atoms. The number of aromatic nitrogens is 4. The average molecular weight is 429 g/mol. The second kappa shape index (κ2) is 7.41. The van der Waals surface area contributed by atoms with Crippen LogP contribution in [-0.4, -0.2) is 24.7 Å². The molecule has 0 fully saturated rings. The Labute approximate surface area is 172 Å². The van der Waals surface area contributed by atoms with Crippen molar-refractivity contribution in [1.82, 2.24) is 19.7 Å². The van der Waals surface area contributed by atoms with E-state index in [0.717, 1.165) is 15.3 Å². The fraction of sp³-hybridized carbons (Fsp3) is 0.222. The maximum absolute atomic E-state index is 12.7. The van der Waals surface area contributed by atoms with Gasteiger partial charge in [0.2, 0.25) is 11.8 Å². The molecule has 9 nitrogen and oxygen atoms in total. The smallest absolute Gasteiger partial charge is 0.269 e. The number of nitrogens with zero attached hydrogens (tertiary/aromatic N) is 5. The van der Waals surface area contributed by atoms with Gasteiger partial charge in [-0.15, -0.1) is 21.5 Å². The Bertz CT molecular complexity index is 1290. The summed E-state index contributed by atoms with van der Waals surface area (Å²) in [6, 6.07) is 5.88. The van der Waals surface area contributed by atoms with E-state index in [2.05, 4.69) is 15.2 Å². The zero-order chi connectivity index (χ0) is 20.7. The minimum atomic E-state index is -0.468. The zero-order valence-electron chi connectivity index (χ0n) is 15.7. The third kappa shape index (κ3) is 3.54. The van der Waals surface area contributed by atoms with E-state index in [-0.39, 0.29) is 17.1 Å². The summed E-state index contributed by atoms with van der Waals surface area (Å²) in [6.45, 7) is 3.91. The first-order chi connectivity index (χ1) is 13.8. The summed E-state index contributed by atoms with van der Waals surface area (Å²) in [5, 5.41) is 20.0. The SMILES string of the molecule is Cc1sc2nc(SCc3nnc(-c4ccc([N+](=O)[O-])cc4)o3)n(C)c(=O)c2c1C. The minimum Gasteiger partial charge on any atom is -0.420 e. The van der Waals surface area contributed by atoms with Gasteiger partial charge in [-0.3, -0.25) is 19.5 Å². The molecule has 0 aliphatic heterocycles. The molecular formula is C18H15N5O4S2. The zero-order valence-corrected chi connectivity index (χ0v) is 17.3. The number of hydrogen-bond acceptors (Lipinski definition) is 9. The summed E-state index contributed by atoms with van der Waals surface area (Å²) in [5.41, 5.74) is 1.48. The van der Waals surface area contributed by atoms with Gasteiger partial charge in [-0.05, 0) is 31.5 Å². The van der Waals surface area contributed by atoms with Gasteiger partial charge in [0, 0.05) is 29.6 Å². The largest absolute Gasteiger partial charge is 0.420 e. The van der Waals surface area contributed by atoms with Crippen LogP contribution in [0.2, 0.25) is 0 Å². The minimum absolute atomic E-state index is 0.00882. The molecule has 0 spiro atoms. The van der Waals surface area contributed by atoms with Crippen LogP contribution in [0.4, 0.5) is 5.69 Å². The second-order valence-electron chi connectivity index (χ2n) is 6.32. The lowest BCUT2D eigenvalue weighted by Gasteiger charge is -2.05. The number of thioether (sulfide) groups is 1. The van der Waals surface area contributed by atoms with E-state index < -0.39 is 4.92 Å². The lowest BCUT2D eigenvalue weighted by atomic mass is 10.2. The molecule has 3 aromatic heterocycles. The van der Waals surface area contributed by atoms with Crippen LogP contribution in [0.25, 0.3) is 21.7 Å². The lowest BCUT2D eigenvalue weighted by Crippen LogP contribution is -2.19. The van der Waals surface area contributed by atoms with Gasteiger partial charge in [-0.2, -0.15) is 0 Å². The molecule has 0 N–H and O–H groups in total. The summed E-state index contributed by atoms with van der Waals surface area (Å²) < 4.78 is 7.17. The van der Waals surface area contributed by atoms with Crippen LogP contribution in [0.1, 0.15) is 16.3 Å². The van der Waals surface area contributed by atoms with E-state index in [1.165, 1.54) is 39.8 Å². The molecule has 0 atom stereocenters. The number of nitro groups is 1. The summed E-state index contributed by atoms with van der Waals surface area (Å²) in [5.74, 6) is 0.989. The first kappa shape index (κ1) is 19.3. The molecule has 0 aliphatic carbocycles. The van der Waals surface area contributed by atoms with E-state index in [4.69, 9.17) is 4.42 Å². The number of rotatable bonds is 5. The molecule has 0 radical (unpaired) electrons. The molecule has 29 heavy (non-hydrogen) atoms. The number of benzene rings is 1. The van der Waals surface area contributed by atoms with Crippen molar-refractivity contribution in [3.63, 3.8) is 0 Å². The van der Waals surface area contributed by atoms with Crippen molar-refractivity contribution in [2.75, 3.05) is 0 Å². The number of thiophene rings is 1. The molecule has 4 aromatic rings. The predicted molar refractivity (Wildman–Crippen MR) is 110 cm³/mol. The fourth-order valence-electron chi connectivity index (χ4n) is 2.77. The summed E-state index contributed by atoms with van der Waals surface area (Å²) in [4.78, 5) is 29.4. The van der Waals surface area contributed by atoms with Crippen LogP contribution >= 0.6 is 23.1 Å². The molecule has 3 heterocycles. The van der Waals surface area contributed by atoms with E-state index in [9.17, 15) is 14.9 Å². The Morgan fingerprint density at radius 2 is 1.97 bits per heavy atom. The van der Waals surface area contributed by atoms with Crippen molar-refractivity contribution in [2.24, 2.45) is 7.05 Å². The Balaban J connectivity index is 1.55. The predicted octanol–water partition coefficient (Wildman–Crippen LogP) is 3.86. The quantitative estimate of drug-likeness (QED) is 0.203. The van der Waals surface area contributed by atoms with Gasteiger partial charge in [0.25, 0.3) is 11.2 Å². The van der Waals surface area contributed by atoms with Gasteiger partial charge in [0.1, 0.15) is 4.83 Å². The molecule has 0 aliphatic rings. The van der Waals surface area contributed by atoms with E-state index in [1.54, 1.807) is 19.2 Å². The van der Waals surface area contributed by atoms with Crippen LogP contribution in [0.3, 0.4) is 0 Å². The van der Waals surface area contributed by atoms with Gasteiger partial charge in [-0.25, -0.2) is 4.98 Å². The molecule has 11 heteroatoms. The van der Waals surface area contributed by atoms with Gasteiger partial charge in [0.15, 0.2) is 5.16 Å². The third-order valence-corrected chi connectivity index (χ3v) is 6.60. The molecule has 0 saturated heterocycles. The maximum atomic E-state index is 12.7. The molecular weight excluding hydrogens is 414 g/mol. The molecule has 0 amide bonds. The highest BCUT2D eigenvalue weighted by molar-refractivity contribution is 7.98. The van der Waals surface area contributed by atoms with Crippen LogP contribution in [0, 0.1) is 24.0 Å². The average Bonchev–Trinajstić information content (AvgIpc) is 3.28. The number of fused-ring (bicyclic) bond motifs is 1. The number of hydrogen-bond donors (Lipinski definition) is 0. The Morgan fingerprint density at radius 1 is 1.24 bits per heavy atom. The molecule has 4 rings (SSSR count). The van der Waals surface area contributed by atoms with Crippen LogP contribution in [0.15, 0.2) is 38.6 Å². The number of aryl methyl sites for hydroxylation is 2. The maximum Gasteiger partial charge on any atom is 0.269 e. The summed E-state index contributed by atoms with van der Waals surface area (Å²) in [6.07, 6.45) is 0. The second-order valence-corrected chi connectivity index (χ2v) is 8.46. The highest BCUT2D eigenvalue weighted by Crippen LogP contribution is 2.29. The molecule has 0 unspecified atom stereocenters. The first-order valence-corrected chi connectivity index (χ1v) is 10.3. The van der Waals surface area contributed by atoms with E-state index in [0.29, 0.717) is 27.7 Å². The molecule has 0 saturated carbocycles. The van der Waals surface area contributed by atoms with Crippen molar-refractivity contribution in [2.45, 2.75) is 24.8 Å². The number of nitro benzene ring substituents is 1. The van der Waals surface area contributed by atoms with E-state index >= 15 is 0 Å². The van der Waals surface area contributed by atoms with Crippen molar-refractivity contribution >= 4 is 39.0 Å². The Hall–Kier alpha value is -3.05. The van der Waals surface area contributed by atoms with Gasteiger partial charge in [0.05, 0.1) is 16.1 Å². The fourth-order valence-corrected chi connectivity index (χ4v) is 4.64. The Morgan fingerprint density at radius 3 is 2.66 bits per heavy atom. The molecule has 1 aromatic carbocycles. The Kier molecular flexibility index (Phi) is 4.92. The summed E-state index contributed by atoms with van der Waals surface area (Å²) >= 11 is 2.84. The van der Waals surface area contributed by atoms with Crippen molar-refractivity contribution in [3.8, 4) is 11.5 Å². The highest BCUT2D eigenvalue weighted by atomic mass is 32.2. The van der Waals surface area contributed by atoms with Crippen molar-refractivity contribution in [1.29, 1.82) is 0 Å². The van der Waals surface area contributed by atoms with E-state index in [1.807, 2.05) is 13.8 Å². The lowest BCUT2D eigenvalue weighted by molar-refractivity contribution is -0.384. The van der Waals surface area contributed by atoms with Gasteiger partial charge >= 0.3 is 0 Å². The van der Waals surface area contributed by atoms with Crippen LogP contribution < -0.4 is 5.56 Å². The van der Waals surface area contributed by atoms with Gasteiger partial charge < -0.3 is 4.42 Å². The standard InChI is InChI=1S/C18H15N5O4S2/c1-9-10(2)29-16-14(9)17(24)22(3)18(19-16)28-8-13-20-21-15(27-13)11-4-6-12(7-5-11)23(25)26/h4-7H,8H2,1-3H3. The molecule has 148 valence electrons. The van der Waals surface area contributed by atoms with Crippen molar-refractivity contribution in [3.05, 3.63) is 61.1 Å². The van der Waals surface area contributed by atoms with Crippen LogP contribution in [0.5, 0.6) is 0 Å². The van der Waals surface area contributed by atoms with Crippen molar-refractivity contribution < 1.29 is 9.34 Å². The third-order valence-electron chi connectivity index (χ3n) is 4.49. The first-order valence-electron chi connectivity index (χ1n) is 8.52.